The molecule has 0 bridgehead atoms. The predicted octanol–water partition coefficient (Wildman–Crippen LogP) is 3.83. The maximum Gasteiger partial charge on any atom is 0.573 e. The van der Waals surface area contributed by atoms with Gasteiger partial charge in [0.05, 0.1) is 11.2 Å². The van der Waals surface area contributed by atoms with Crippen molar-refractivity contribution in [1.29, 1.82) is 0 Å². The zero-order valence-electron chi connectivity index (χ0n) is 9.06. The summed E-state index contributed by atoms with van der Waals surface area (Å²) in [4.78, 5) is 11.2. The van der Waals surface area contributed by atoms with Crippen LogP contribution in [0, 0.1) is 0 Å². The van der Waals surface area contributed by atoms with E-state index in [9.17, 15) is 18.0 Å². The molecule has 0 aliphatic heterocycles. The molecule has 0 aliphatic rings. The summed E-state index contributed by atoms with van der Waals surface area (Å²) in [7, 11) is 0. The Kier molecular flexibility index (Phi) is 5.47. The highest BCUT2D eigenvalue weighted by Gasteiger charge is 2.32. The summed E-state index contributed by atoms with van der Waals surface area (Å²) in [6, 6.07) is 4.02. The molecule has 100 valence electrons. The molecule has 1 aromatic carbocycles. The van der Waals surface area contributed by atoms with Crippen LogP contribution in [0.2, 0.25) is 0 Å². The summed E-state index contributed by atoms with van der Waals surface area (Å²) in [5.74, 6) is -0.533. The third-order valence-corrected chi connectivity index (χ3v) is 2.96. The van der Waals surface area contributed by atoms with Crippen molar-refractivity contribution in [2.75, 3.05) is 5.33 Å². The van der Waals surface area contributed by atoms with Crippen LogP contribution in [0.4, 0.5) is 13.2 Å². The first-order valence-corrected chi connectivity index (χ1v) is 6.52. The van der Waals surface area contributed by atoms with Crippen molar-refractivity contribution in [2.45, 2.75) is 18.7 Å². The molecule has 1 rings (SSSR count). The van der Waals surface area contributed by atoms with Gasteiger partial charge in [-0.15, -0.1) is 24.8 Å². The molecular weight excluding hydrogens is 336 g/mol. The van der Waals surface area contributed by atoms with Gasteiger partial charge < -0.3 is 4.74 Å². The Morgan fingerprint density at radius 3 is 2.56 bits per heavy atom. The lowest BCUT2D eigenvalue weighted by Crippen LogP contribution is -2.18. The molecule has 0 saturated heterocycles. The average molecular weight is 346 g/mol. The minimum Gasteiger partial charge on any atom is -0.405 e. The molecule has 0 fully saturated rings. The van der Waals surface area contributed by atoms with E-state index >= 15 is 0 Å². The van der Waals surface area contributed by atoms with Crippen LogP contribution in [-0.4, -0.2) is 17.5 Å². The van der Waals surface area contributed by atoms with Gasteiger partial charge in [-0.1, -0.05) is 28.1 Å². The number of carbonyl (C=O) groups is 1. The lowest BCUT2D eigenvalue weighted by atomic mass is 10.1. The summed E-state index contributed by atoms with van der Waals surface area (Å²) in [5, 5.41) is 0.198. The molecule has 1 aromatic rings. The number of hydrogen-bond acceptors (Lipinski definition) is 2. The van der Waals surface area contributed by atoms with Crippen LogP contribution in [0.15, 0.2) is 18.2 Å². The summed E-state index contributed by atoms with van der Waals surface area (Å²) in [5.41, 5.74) is 0.804. The van der Waals surface area contributed by atoms with Gasteiger partial charge in [-0.05, 0) is 11.6 Å². The molecule has 0 aromatic heterocycles. The first kappa shape index (κ1) is 15.3. The lowest BCUT2D eigenvalue weighted by molar-refractivity contribution is -0.274. The SMILES string of the molecule is O=C(CBr)Cc1ccc(OC(F)(F)F)c(CCl)c1. The van der Waals surface area contributed by atoms with Crippen LogP contribution >= 0.6 is 27.5 Å². The van der Waals surface area contributed by atoms with Crippen molar-refractivity contribution in [2.24, 2.45) is 0 Å². The quantitative estimate of drug-likeness (QED) is 0.758. The first-order chi connectivity index (χ1) is 8.35. The number of hydrogen-bond donors (Lipinski definition) is 0. The highest BCUT2D eigenvalue weighted by molar-refractivity contribution is 9.09. The molecule has 0 amide bonds. The molecular formula is C11H9BrClF3O2. The second-order valence-corrected chi connectivity index (χ2v) is 4.30. The summed E-state index contributed by atoms with van der Waals surface area (Å²) in [6.07, 6.45) is -4.62. The van der Waals surface area contributed by atoms with E-state index in [2.05, 4.69) is 20.7 Å². The second-order valence-electron chi connectivity index (χ2n) is 3.47. The van der Waals surface area contributed by atoms with Gasteiger partial charge in [0, 0.05) is 12.0 Å². The Bertz CT molecular complexity index is 435. The van der Waals surface area contributed by atoms with Gasteiger partial charge in [0.15, 0.2) is 0 Å². The number of benzene rings is 1. The number of rotatable bonds is 5. The minimum atomic E-state index is -4.76. The van der Waals surface area contributed by atoms with E-state index in [0.29, 0.717) is 5.56 Å². The van der Waals surface area contributed by atoms with Gasteiger partial charge in [-0.2, -0.15) is 0 Å². The van der Waals surface area contributed by atoms with E-state index < -0.39 is 6.36 Å². The van der Waals surface area contributed by atoms with Crippen molar-refractivity contribution >= 4 is 33.3 Å². The Morgan fingerprint density at radius 1 is 1.39 bits per heavy atom. The maximum atomic E-state index is 12.1. The standard InChI is InChI=1S/C11H9BrClF3O2/c12-5-9(17)4-7-1-2-10(8(3-7)6-13)18-11(14,15)16/h1-3H,4-6H2. The van der Waals surface area contributed by atoms with Crippen LogP contribution < -0.4 is 4.74 Å². The monoisotopic (exact) mass is 344 g/mol. The van der Waals surface area contributed by atoms with E-state index in [1.807, 2.05) is 0 Å². The number of ether oxygens (including phenoxy) is 1. The molecule has 18 heavy (non-hydrogen) atoms. The maximum absolute atomic E-state index is 12.1. The van der Waals surface area contributed by atoms with Gasteiger partial charge in [-0.25, -0.2) is 0 Å². The fourth-order valence-corrected chi connectivity index (χ4v) is 1.75. The van der Waals surface area contributed by atoms with E-state index in [1.165, 1.54) is 18.2 Å². The second kappa shape index (κ2) is 6.43. The van der Waals surface area contributed by atoms with Crippen LogP contribution in [0.1, 0.15) is 11.1 Å². The third-order valence-electron chi connectivity index (χ3n) is 2.04. The van der Waals surface area contributed by atoms with Gasteiger partial charge in [0.2, 0.25) is 0 Å². The van der Waals surface area contributed by atoms with Crippen molar-refractivity contribution in [1.82, 2.24) is 0 Å². The van der Waals surface area contributed by atoms with Gasteiger partial charge in [0.25, 0.3) is 0 Å². The van der Waals surface area contributed by atoms with Crippen molar-refractivity contribution in [3.05, 3.63) is 29.3 Å². The predicted molar refractivity (Wildman–Crippen MR) is 65.2 cm³/mol. The van der Waals surface area contributed by atoms with E-state index in [0.717, 1.165) is 0 Å². The molecule has 0 spiro atoms. The molecule has 2 nitrogen and oxygen atoms in total. The van der Waals surface area contributed by atoms with Gasteiger partial charge in [0.1, 0.15) is 11.5 Å². The molecule has 0 atom stereocenters. The largest absolute Gasteiger partial charge is 0.573 e. The van der Waals surface area contributed by atoms with Crippen LogP contribution in [0.3, 0.4) is 0 Å². The zero-order valence-corrected chi connectivity index (χ0v) is 11.4. The fraction of sp³-hybridized carbons (Fsp3) is 0.364. The van der Waals surface area contributed by atoms with E-state index in [1.54, 1.807) is 0 Å². The topological polar surface area (TPSA) is 26.3 Å². The lowest BCUT2D eigenvalue weighted by Gasteiger charge is -2.13. The number of carbonyl (C=O) groups excluding carboxylic acids is 1. The Morgan fingerprint density at radius 2 is 2.06 bits per heavy atom. The summed E-state index contributed by atoms with van der Waals surface area (Å²) >= 11 is 8.57. The molecule has 0 radical (unpaired) electrons. The normalized spacial score (nSPS) is 11.4. The van der Waals surface area contributed by atoms with Crippen LogP contribution in [0.5, 0.6) is 5.75 Å². The Labute approximate surface area is 115 Å². The number of alkyl halides is 5. The third kappa shape index (κ3) is 4.86. The number of halogens is 5. The summed E-state index contributed by atoms with van der Waals surface area (Å²) < 4.78 is 40.1. The van der Waals surface area contributed by atoms with Crippen molar-refractivity contribution in [3.8, 4) is 5.75 Å². The van der Waals surface area contributed by atoms with Crippen LogP contribution in [0.25, 0.3) is 0 Å². The van der Waals surface area contributed by atoms with Gasteiger partial charge >= 0.3 is 6.36 Å². The molecule has 7 heteroatoms. The van der Waals surface area contributed by atoms with Gasteiger partial charge in [-0.3, -0.25) is 4.79 Å². The minimum absolute atomic E-state index is 0.0694. The molecule has 0 aliphatic carbocycles. The first-order valence-electron chi connectivity index (χ1n) is 4.87. The van der Waals surface area contributed by atoms with Crippen molar-refractivity contribution in [3.63, 3.8) is 0 Å². The van der Waals surface area contributed by atoms with E-state index in [-0.39, 0.29) is 34.7 Å². The molecule has 0 heterocycles. The average Bonchev–Trinajstić information content (AvgIpc) is 2.29. The van der Waals surface area contributed by atoms with E-state index in [4.69, 9.17) is 11.6 Å². The zero-order chi connectivity index (χ0) is 13.8. The Balaban J connectivity index is 2.93. The summed E-state index contributed by atoms with van der Waals surface area (Å²) in [6.45, 7) is 0. The molecule has 0 N–H and O–H groups in total. The van der Waals surface area contributed by atoms with Crippen LogP contribution in [-0.2, 0) is 17.1 Å². The fourth-order valence-electron chi connectivity index (χ4n) is 1.35. The number of ketones is 1. The Hall–Kier alpha value is -0.750. The molecule has 0 saturated carbocycles. The smallest absolute Gasteiger partial charge is 0.405 e. The number of Topliss-reactive ketones (excluding diaryl/α,β-unsaturated/α-hetero) is 1. The molecule has 0 unspecified atom stereocenters. The van der Waals surface area contributed by atoms with Crippen molar-refractivity contribution < 1.29 is 22.7 Å². The highest BCUT2D eigenvalue weighted by atomic mass is 79.9. The highest BCUT2D eigenvalue weighted by Crippen LogP contribution is 2.28.